The molecule has 0 heterocycles. The minimum absolute atomic E-state index is 0.273. The molecule has 1 aromatic rings. The molecule has 2 nitrogen and oxygen atoms in total. The Hall–Kier alpha value is -1.38. The van der Waals surface area contributed by atoms with Gasteiger partial charge in [0.2, 0.25) is 0 Å². The van der Waals surface area contributed by atoms with Crippen LogP contribution in [0.25, 0.3) is 0 Å². The maximum Gasteiger partial charge on any atom is 0.314 e. The first-order valence-corrected chi connectivity index (χ1v) is 5.48. The Kier molecular flexibility index (Phi) is 2.49. The SMILES string of the molecule is Cc1ccc(C2(C(=O)O)CCC2)c(C)c1F. The van der Waals surface area contributed by atoms with E-state index in [-0.39, 0.29) is 5.82 Å². The van der Waals surface area contributed by atoms with Gasteiger partial charge in [-0.25, -0.2) is 4.39 Å². The fourth-order valence-electron chi connectivity index (χ4n) is 2.47. The number of carbonyl (C=O) groups is 1. The van der Waals surface area contributed by atoms with Crippen molar-refractivity contribution in [2.45, 2.75) is 38.5 Å². The second-order valence-corrected chi connectivity index (χ2v) is 4.61. The minimum Gasteiger partial charge on any atom is -0.481 e. The predicted molar refractivity (Wildman–Crippen MR) is 59.0 cm³/mol. The van der Waals surface area contributed by atoms with Gasteiger partial charge in [-0.15, -0.1) is 0 Å². The van der Waals surface area contributed by atoms with E-state index in [0.29, 0.717) is 29.5 Å². The van der Waals surface area contributed by atoms with Crippen molar-refractivity contribution in [1.29, 1.82) is 0 Å². The average Bonchev–Trinajstić information content (AvgIpc) is 2.16. The van der Waals surface area contributed by atoms with E-state index < -0.39 is 11.4 Å². The first kappa shape index (κ1) is 11.1. The number of carboxylic acids is 1. The smallest absolute Gasteiger partial charge is 0.314 e. The van der Waals surface area contributed by atoms with Crippen LogP contribution in [0.15, 0.2) is 12.1 Å². The highest BCUT2D eigenvalue weighted by Gasteiger charge is 2.47. The Morgan fingerprint density at radius 1 is 1.38 bits per heavy atom. The molecule has 3 heteroatoms. The molecular weight excluding hydrogens is 207 g/mol. The number of rotatable bonds is 2. The lowest BCUT2D eigenvalue weighted by Crippen LogP contribution is -2.43. The summed E-state index contributed by atoms with van der Waals surface area (Å²) in [4.78, 5) is 11.3. The van der Waals surface area contributed by atoms with Crippen LogP contribution >= 0.6 is 0 Å². The summed E-state index contributed by atoms with van der Waals surface area (Å²) in [6, 6.07) is 3.43. The van der Waals surface area contributed by atoms with E-state index in [9.17, 15) is 14.3 Å². The summed E-state index contributed by atoms with van der Waals surface area (Å²) >= 11 is 0. The number of aliphatic carboxylic acids is 1. The van der Waals surface area contributed by atoms with Crippen LogP contribution in [0.1, 0.15) is 36.0 Å². The highest BCUT2D eigenvalue weighted by molar-refractivity contribution is 5.83. The number of hydrogen-bond acceptors (Lipinski definition) is 1. The first-order chi connectivity index (χ1) is 7.49. The maximum atomic E-state index is 13.8. The van der Waals surface area contributed by atoms with Crippen LogP contribution in [0.3, 0.4) is 0 Å². The van der Waals surface area contributed by atoms with Crippen LogP contribution in [0.5, 0.6) is 0 Å². The van der Waals surface area contributed by atoms with Gasteiger partial charge >= 0.3 is 5.97 Å². The molecule has 2 rings (SSSR count). The molecule has 0 radical (unpaired) electrons. The molecule has 0 aliphatic heterocycles. The third kappa shape index (κ3) is 1.34. The van der Waals surface area contributed by atoms with Gasteiger partial charge in [0.15, 0.2) is 0 Å². The molecule has 0 aromatic heterocycles. The van der Waals surface area contributed by atoms with Crippen LogP contribution in [0.4, 0.5) is 4.39 Å². The van der Waals surface area contributed by atoms with Crippen molar-refractivity contribution < 1.29 is 14.3 Å². The van der Waals surface area contributed by atoms with Crippen molar-refractivity contribution in [3.63, 3.8) is 0 Å². The van der Waals surface area contributed by atoms with Crippen LogP contribution in [-0.2, 0) is 10.2 Å². The van der Waals surface area contributed by atoms with Crippen LogP contribution in [0, 0.1) is 19.7 Å². The summed E-state index contributed by atoms with van der Waals surface area (Å²) in [7, 11) is 0. The Morgan fingerprint density at radius 2 is 2.00 bits per heavy atom. The molecule has 1 aromatic carbocycles. The van der Waals surface area contributed by atoms with Crippen molar-refractivity contribution in [1.82, 2.24) is 0 Å². The van der Waals surface area contributed by atoms with E-state index in [2.05, 4.69) is 0 Å². The molecule has 0 unspecified atom stereocenters. The third-order valence-corrected chi connectivity index (χ3v) is 3.71. The van der Waals surface area contributed by atoms with Gasteiger partial charge in [-0.2, -0.15) is 0 Å². The van der Waals surface area contributed by atoms with E-state index in [1.807, 2.05) is 0 Å². The van der Waals surface area contributed by atoms with Crippen molar-refractivity contribution in [3.05, 3.63) is 34.6 Å². The average molecular weight is 222 g/mol. The molecule has 1 aliphatic rings. The van der Waals surface area contributed by atoms with Crippen molar-refractivity contribution in [2.75, 3.05) is 0 Å². The van der Waals surface area contributed by atoms with E-state index >= 15 is 0 Å². The molecule has 16 heavy (non-hydrogen) atoms. The van der Waals surface area contributed by atoms with Gasteiger partial charge in [0, 0.05) is 0 Å². The lowest BCUT2D eigenvalue weighted by Gasteiger charge is -2.39. The highest BCUT2D eigenvalue weighted by Crippen LogP contribution is 2.45. The number of aryl methyl sites for hydroxylation is 1. The Labute approximate surface area is 94.1 Å². The molecule has 0 amide bonds. The molecule has 86 valence electrons. The fraction of sp³-hybridized carbons (Fsp3) is 0.462. The van der Waals surface area contributed by atoms with Crippen LogP contribution < -0.4 is 0 Å². The first-order valence-electron chi connectivity index (χ1n) is 5.48. The maximum absolute atomic E-state index is 13.8. The standard InChI is InChI=1S/C13H15FO2/c1-8-4-5-10(9(2)11(8)14)13(12(15)16)6-3-7-13/h4-5H,3,6-7H2,1-2H3,(H,15,16). The second kappa shape index (κ2) is 3.58. The quantitative estimate of drug-likeness (QED) is 0.835. The van der Waals surface area contributed by atoms with Crippen molar-refractivity contribution in [2.24, 2.45) is 0 Å². The van der Waals surface area contributed by atoms with Gasteiger partial charge in [0.1, 0.15) is 5.82 Å². The van der Waals surface area contributed by atoms with Gasteiger partial charge in [0.25, 0.3) is 0 Å². The number of benzene rings is 1. The monoisotopic (exact) mass is 222 g/mol. The summed E-state index contributed by atoms with van der Waals surface area (Å²) in [5.74, 6) is -1.10. The zero-order chi connectivity index (χ0) is 11.9. The van der Waals surface area contributed by atoms with Gasteiger partial charge in [-0.05, 0) is 43.4 Å². The Bertz CT molecular complexity index is 447. The summed E-state index contributed by atoms with van der Waals surface area (Å²) in [6.45, 7) is 3.36. The summed E-state index contributed by atoms with van der Waals surface area (Å²) in [6.07, 6.45) is 2.14. The Balaban J connectivity index is 2.56. The summed E-state index contributed by atoms with van der Waals surface area (Å²) in [5, 5.41) is 9.30. The topological polar surface area (TPSA) is 37.3 Å². The summed E-state index contributed by atoms with van der Waals surface area (Å²) < 4.78 is 13.8. The molecule has 1 N–H and O–H groups in total. The van der Waals surface area contributed by atoms with Crippen LogP contribution in [-0.4, -0.2) is 11.1 Å². The molecule has 0 atom stereocenters. The normalized spacial score (nSPS) is 17.9. The largest absolute Gasteiger partial charge is 0.481 e. The lowest BCUT2D eigenvalue weighted by atomic mass is 9.63. The minimum atomic E-state index is -0.835. The zero-order valence-corrected chi connectivity index (χ0v) is 9.51. The molecule has 0 spiro atoms. The second-order valence-electron chi connectivity index (χ2n) is 4.61. The van der Waals surface area contributed by atoms with Gasteiger partial charge < -0.3 is 5.11 Å². The van der Waals surface area contributed by atoms with Crippen LogP contribution in [0.2, 0.25) is 0 Å². The van der Waals surface area contributed by atoms with E-state index in [4.69, 9.17) is 0 Å². The Morgan fingerprint density at radius 3 is 2.44 bits per heavy atom. The summed E-state index contributed by atoms with van der Waals surface area (Å²) in [5.41, 5.74) is 0.871. The highest BCUT2D eigenvalue weighted by atomic mass is 19.1. The van der Waals surface area contributed by atoms with Gasteiger partial charge in [-0.1, -0.05) is 18.6 Å². The third-order valence-electron chi connectivity index (χ3n) is 3.71. The number of hydrogen-bond donors (Lipinski definition) is 1. The molecule has 0 bridgehead atoms. The fourth-order valence-corrected chi connectivity index (χ4v) is 2.47. The zero-order valence-electron chi connectivity index (χ0n) is 9.51. The predicted octanol–water partition coefficient (Wildman–Crippen LogP) is 2.95. The lowest BCUT2D eigenvalue weighted by molar-refractivity contribution is -0.147. The van der Waals surface area contributed by atoms with Gasteiger partial charge in [-0.3, -0.25) is 4.79 Å². The van der Waals surface area contributed by atoms with E-state index in [1.54, 1.807) is 26.0 Å². The number of carboxylic acid groups (broad SMARTS) is 1. The molecule has 1 fully saturated rings. The number of halogens is 1. The van der Waals surface area contributed by atoms with Crippen molar-refractivity contribution >= 4 is 5.97 Å². The molecular formula is C13H15FO2. The van der Waals surface area contributed by atoms with Crippen molar-refractivity contribution in [3.8, 4) is 0 Å². The molecule has 0 saturated heterocycles. The molecule has 1 aliphatic carbocycles. The van der Waals surface area contributed by atoms with E-state index in [1.165, 1.54) is 0 Å². The molecule has 1 saturated carbocycles. The van der Waals surface area contributed by atoms with Gasteiger partial charge in [0.05, 0.1) is 5.41 Å². The van der Waals surface area contributed by atoms with E-state index in [0.717, 1.165) is 6.42 Å².